The normalized spacial score (nSPS) is 17.9. The second-order valence-electron chi connectivity index (χ2n) is 6.00. The van der Waals surface area contributed by atoms with Crippen molar-refractivity contribution in [2.24, 2.45) is 0 Å². The lowest BCUT2D eigenvalue weighted by Crippen LogP contribution is -2.24. The summed E-state index contributed by atoms with van der Waals surface area (Å²) in [5.74, 6) is -0.848. The number of rotatable bonds is 5. The first kappa shape index (κ1) is 19.0. The molecule has 0 bridgehead atoms. The quantitative estimate of drug-likeness (QED) is 0.760. The number of nitrogens with zero attached hydrogens (tertiary/aromatic N) is 1. The molecule has 0 aromatic heterocycles. The Morgan fingerprint density at radius 1 is 1.26 bits per heavy atom. The van der Waals surface area contributed by atoms with E-state index in [1.54, 1.807) is 6.07 Å². The van der Waals surface area contributed by atoms with Crippen molar-refractivity contribution in [3.8, 4) is 0 Å². The van der Waals surface area contributed by atoms with E-state index in [9.17, 15) is 22.0 Å². The number of ether oxygens (including phenoxy) is 1. The molecule has 1 aliphatic rings. The van der Waals surface area contributed by atoms with Gasteiger partial charge in [0.25, 0.3) is 0 Å². The molecule has 1 saturated heterocycles. The molecule has 1 fully saturated rings. The van der Waals surface area contributed by atoms with Gasteiger partial charge in [0.05, 0.1) is 17.1 Å². The van der Waals surface area contributed by atoms with E-state index in [0.717, 1.165) is 6.07 Å². The third kappa shape index (κ3) is 3.85. The molecule has 1 amide bonds. The number of carbonyl (C=O) groups excluding carboxylic acids is 1. The number of hydrogen-bond acceptors (Lipinski definition) is 4. The molecule has 1 aliphatic heterocycles. The zero-order valence-corrected chi connectivity index (χ0v) is 15.2. The Balaban J connectivity index is 1.88. The minimum atomic E-state index is -4.36. The molecule has 0 saturated carbocycles. The van der Waals surface area contributed by atoms with Crippen LogP contribution in [0.5, 0.6) is 0 Å². The molecule has 1 atom stereocenters. The summed E-state index contributed by atoms with van der Waals surface area (Å²) in [7, 11) is -4.36. The third-order valence-electron chi connectivity index (χ3n) is 4.20. The predicted molar refractivity (Wildman–Crippen MR) is 97.0 cm³/mol. The fraction of sp³-hybridized carbons (Fsp3) is 0.211. The Hall–Kier alpha value is -2.74. The van der Waals surface area contributed by atoms with E-state index in [0.29, 0.717) is 19.0 Å². The van der Waals surface area contributed by atoms with Gasteiger partial charge in [-0.2, -0.15) is 4.39 Å². The number of carbonyl (C=O) groups is 1. The highest BCUT2D eigenvalue weighted by Gasteiger charge is 2.31. The molecular weight excluding hydrogens is 376 g/mol. The van der Waals surface area contributed by atoms with Crippen molar-refractivity contribution in [2.75, 3.05) is 11.4 Å². The Labute approximate surface area is 155 Å². The predicted octanol–water partition coefficient (Wildman–Crippen LogP) is 4.30. The maximum Gasteiger partial charge on any atom is 0.414 e. The van der Waals surface area contributed by atoms with Crippen molar-refractivity contribution in [3.05, 3.63) is 65.1 Å². The van der Waals surface area contributed by atoms with Crippen molar-refractivity contribution in [1.29, 1.82) is 0 Å². The summed E-state index contributed by atoms with van der Waals surface area (Å²) >= 11 is 0. The number of benzene rings is 2. The van der Waals surface area contributed by atoms with E-state index in [1.165, 1.54) is 41.3 Å². The molecule has 27 heavy (non-hydrogen) atoms. The molecule has 1 heterocycles. The summed E-state index contributed by atoms with van der Waals surface area (Å²) in [5.41, 5.74) is 0.0206. The van der Waals surface area contributed by atoms with Gasteiger partial charge in [-0.3, -0.25) is 4.90 Å². The molecule has 0 aliphatic carbocycles. The lowest BCUT2D eigenvalue weighted by molar-refractivity contribution is 0.139. The molecule has 3 rings (SSSR count). The Kier molecular flexibility index (Phi) is 5.27. The van der Waals surface area contributed by atoms with Crippen LogP contribution < -0.4 is 4.90 Å². The fourth-order valence-electron chi connectivity index (χ4n) is 2.66. The molecule has 8 heteroatoms. The highest BCUT2D eigenvalue weighted by molar-refractivity contribution is 7.95. The van der Waals surface area contributed by atoms with Crippen molar-refractivity contribution in [1.82, 2.24) is 0 Å². The molecule has 2 aromatic rings. The fourth-order valence-corrected chi connectivity index (χ4v) is 3.68. The first-order chi connectivity index (χ1) is 12.8. The Morgan fingerprint density at radius 3 is 2.56 bits per heavy atom. The second-order valence-corrected chi connectivity index (χ2v) is 7.86. The van der Waals surface area contributed by atoms with Gasteiger partial charge in [0, 0.05) is 5.56 Å². The van der Waals surface area contributed by atoms with Gasteiger partial charge in [-0.15, -0.1) is 0 Å². The van der Waals surface area contributed by atoms with Gasteiger partial charge in [-0.25, -0.2) is 17.6 Å². The van der Waals surface area contributed by atoms with Crippen molar-refractivity contribution < 1.29 is 26.7 Å². The van der Waals surface area contributed by atoms with Crippen molar-refractivity contribution in [3.63, 3.8) is 0 Å². The molecule has 142 valence electrons. The smallest absolute Gasteiger partial charge is 0.414 e. The van der Waals surface area contributed by atoms with E-state index >= 15 is 0 Å². The maximum absolute atomic E-state index is 14.4. The average Bonchev–Trinajstić information content (AvgIpc) is 3.05. The van der Waals surface area contributed by atoms with Crippen LogP contribution in [-0.2, 0) is 14.6 Å². The van der Waals surface area contributed by atoms with Crippen molar-refractivity contribution >= 4 is 27.7 Å². The Bertz CT molecular complexity index is 990. The van der Waals surface area contributed by atoms with Crippen LogP contribution in [0.4, 0.5) is 19.3 Å². The molecule has 2 aromatic carbocycles. The topological polar surface area (TPSA) is 63.7 Å². The van der Waals surface area contributed by atoms with Crippen LogP contribution in [-0.4, -0.2) is 27.2 Å². The van der Waals surface area contributed by atoms with Crippen LogP contribution in [0.25, 0.3) is 6.08 Å². The monoisotopic (exact) mass is 393 g/mol. The molecular formula is C19H17F2NO4S. The largest absolute Gasteiger partial charge is 0.444 e. The number of sulfone groups is 1. The van der Waals surface area contributed by atoms with Crippen LogP contribution in [0.1, 0.15) is 18.9 Å². The summed E-state index contributed by atoms with van der Waals surface area (Å²) in [5, 5.41) is -1.47. The van der Waals surface area contributed by atoms with E-state index < -0.39 is 26.9 Å². The SMILES string of the molecule is CC[C@H]1CN(c2ccc(/C=C(\F)S(=O)(=O)c3ccccc3)c(F)c2)C(=O)O1. The lowest BCUT2D eigenvalue weighted by atomic mass is 10.1. The molecule has 0 N–H and O–H groups in total. The number of hydrogen-bond donors (Lipinski definition) is 0. The van der Waals surface area contributed by atoms with Gasteiger partial charge in [0.15, 0.2) is 0 Å². The summed E-state index contributed by atoms with van der Waals surface area (Å²) in [6.07, 6.45) is 0.406. The van der Waals surface area contributed by atoms with Crippen molar-refractivity contribution in [2.45, 2.75) is 24.3 Å². The lowest BCUT2D eigenvalue weighted by Gasteiger charge is -2.13. The van der Waals surface area contributed by atoms with Crippen LogP contribution in [0.3, 0.4) is 0 Å². The highest BCUT2D eigenvalue weighted by atomic mass is 32.2. The standard InChI is InChI=1S/C19H17F2NO4S/c1-2-15-12-22(19(23)26-15)14-9-8-13(17(20)11-14)10-18(21)27(24,25)16-6-4-3-5-7-16/h3-11,15H,2,12H2,1H3/b18-10+/t15-/m0/s1. The van der Waals surface area contributed by atoms with Gasteiger partial charge in [0.1, 0.15) is 11.9 Å². The van der Waals surface area contributed by atoms with Crippen LogP contribution in [0.15, 0.2) is 58.6 Å². The zero-order valence-electron chi connectivity index (χ0n) is 14.4. The summed E-state index contributed by atoms with van der Waals surface area (Å²) < 4.78 is 58.2. The minimum absolute atomic E-state index is 0.221. The van der Waals surface area contributed by atoms with Gasteiger partial charge >= 0.3 is 6.09 Å². The van der Waals surface area contributed by atoms with Gasteiger partial charge in [-0.1, -0.05) is 25.1 Å². The first-order valence-electron chi connectivity index (χ1n) is 8.28. The third-order valence-corrected chi connectivity index (χ3v) is 5.73. The summed E-state index contributed by atoms with van der Waals surface area (Å²) in [6, 6.07) is 10.7. The molecule has 0 spiro atoms. The molecule has 0 unspecified atom stereocenters. The van der Waals surface area contributed by atoms with Gasteiger partial charge in [0.2, 0.25) is 15.0 Å². The van der Waals surface area contributed by atoms with Gasteiger partial charge in [-0.05, 0) is 42.8 Å². The first-order valence-corrected chi connectivity index (χ1v) is 9.76. The number of anilines is 1. The van der Waals surface area contributed by atoms with E-state index in [2.05, 4.69) is 0 Å². The number of amides is 1. The van der Waals surface area contributed by atoms with Crippen LogP contribution >= 0.6 is 0 Å². The summed E-state index contributed by atoms with van der Waals surface area (Å²) in [6.45, 7) is 2.16. The van der Waals surface area contributed by atoms with E-state index in [4.69, 9.17) is 4.74 Å². The van der Waals surface area contributed by atoms with Gasteiger partial charge < -0.3 is 4.74 Å². The number of halogens is 2. The zero-order chi connectivity index (χ0) is 19.6. The minimum Gasteiger partial charge on any atom is -0.444 e. The second kappa shape index (κ2) is 7.48. The maximum atomic E-state index is 14.4. The highest BCUT2D eigenvalue weighted by Crippen LogP contribution is 2.27. The average molecular weight is 393 g/mol. The molecule has 0 radical (unpaired) electrons. The molecule has 5 nitrogen and oxygen atoms in total. The van der Waals surface area contributed by atoms with E-state index in [-0.39, 0.29) is 22.3 Å². The van der Waals surface area contributed by atoms with Crippen LogP contribution in [0, 0.1) is 5.82 Å². The number of cyclic esters (lactones) is 1. The van der Waals surface area contributed by atoms with Crippen LogP contribution in [0.2, 0.25) is 0 Å². The van der Waals surface area contributed by atoms with E-state index in [1.807, 2.05) is 6.92 Å². The summed E-state index contributed by atoms with van der Waals surface area (Å²) in [4.78, 5) is 12.9. The Morgan fingerprint density at radius 2 is 1.96 bits per heavy atom.